The van der Waals surface area contributed by atoms with Crippen LogP contribution in [0.1, 0.15) is 31.5 Å². The van der Waals surface area contributed by atoms with Crippen molar-refractivity contribution in [3.05, 3.63) is 30.1 Å². The number of imidazole rings is 1. The van der Waals surface area contributed by atoms with Crippen LogP contribution in [0.15, 0.2) is 24.3 Å². The third-order valence-electron chi connectivity index (χ3n) is 6.00. The van der Waals surface area contributed by atoms with Gasteiger partial charge in [-0.25, -0.2) is 4.98 Å². The number of nitrogens with zero attached hydrogens (tertiary/aromatic N) is 4. The number of hydrogen-bond donors (Lipinski definition) is 1. The first-order chi connectivity index (χ1) is 13.2. The maximum atomic E-state index is 12.8. The van der Waals surface area contributed by atoms with E-state index in [0.29, 0.717) is 19.0 Å². The summed E-state index contributed by atoms with van der Waals surface area (Å²) in [6.07, 6.45) is 3.92. The molecule has 1 atom stereocenters. The molecule has 2 aromatic rings. The van der Waals surface area contributed by atoms with E-state index in [1.165, 1.54) is 12.8 Å². The largest absolute Gasteiger partial charge is 0.396 e. The number of hydrogen-bond acceptors (Lipinski definition) is 4. The zero-order chi connectivity index (χ0) is 18.8. The minimum Gasteiger partial charge on any atom is -0.396 e. The van der Waals surface area contributed by atoms with E-state index in [0.717, 1.165) is 55.4 Å². The zero-order valence-electron chi connectivity index (χ0n) is 16.2. The fourth-order valence-corrected chi connectivity index (χ4v) is 4.26. The molecule has 1 amide bonds. The van der Waals surface area contributed by atoms with Crippen LogP contribution in [0.25, 0.3) is 11.0 Å². The predicted octanol–water partition coefficient (Wildman–Crippen LogP) is 2.04. The number of aliphatic hydroxyl groups is 1. The molecule has 6 heteroatoms. The van der Waals surface area contributed by atoms with Crippen molar-refractivity contribution in [3.63, 3.8) is 0 Å². The molecule has 1 saturated heterocycles. The van der Waals surface area contributed by atoms with Crippen LogP contribution in [0.5, 0.6) is 0 Å². The van der Waals surface area contributed by atoms with E-state index in [9.17, 15) is 9.90 Å². The number of fused-ring (bicyclic) bond motifs is 1. The second-order valence-electron chi connectivity index (χ2n) is 7.99. The van der Waals surface area contributed by atoms with Crippen molar-refractivity contribution in [3.8, 4) is 0 Å². The van der Waals surface area contributed by atoms with E-state index < -0.39 is 0 Å². The quantitative estimate of drug-likeness (QED) is 0.810. The third-order valence-corrected chi connectivity index (χ3v) is 6.00. The maximum Gasteiger partial charge on any atom is 0.224 e. The minimum atomic E-state index is 0.189. The molecular formula is C21H30N4O2. The highest BCUT2D eigenvalue weighted by Crippen LogP contribution is 2.31. The number of carbonyl (C=O) groups excluding carboxylic acids is 1. The molecule has 1 aromatic carbocycles. The second kappa shape index (κ2) is 7.98. The summed E-state index contributed by atoms with van der Waals surface area (Å²) in [4.78, 5) is 21.9. The number of piperazine rings is 1. The number of aliphatic hydroxyl groups excluding tert-OH is 1. The molecule has 6 nitrogen and oxygen atoms in total. The molecule has 2 fully saturated rings. The highest BCUT2D eigenvalue weighted by Gasteiger charge is 2.33. The Balaban J connectivity index is 1.37. The van der Waals surface area contributed by atoms with Crippen molar-refractivity contribution in [2.24, 2.45) is 5.92 Å². The van der Waals surface area contributed by atoms with E-state index in [2.05, 4.69) is 20.5 Å². The smallest absolute Gasteiger partial charge is 0.224 e. The van der Waals surface area contributed by atoms with Gasteiger partial charge in [-0.3, -0.25) is 9.69 Å². The summed E-state index contributed by atoms with van der Waals surface area (Å²) >= 11 is 0. The number of para-hydroxylation sites is 2. The first-order valence-electron chi connectivity index (χ1n) is 10.2. The van der Waals surface area contributed by atoms with Gasteiger partial charge >= 0.3 is 0 Å². The average Bonchev–Trinajstić information content (AvgIpc) is 3.42. The maximum absolute atomic E-state index is 12.8. The highest BCUT2D eigenvalue weighted by molar-refractivity contribution is 5.78. The van der Waals surface area contributed by atoms with Crippen molar-refractivity contribution in [1.29, 1.82) is 0 Å². The van der Waals surface area contributed by atoms with Crippen molar-refractivity contribution in [1.82, 2.24) is 19.4 Å². The summed E-state index contributed by atoms with van der Waals surface area (Å²) in [5, 5.41) is 9.43. The van der Waals surface area contributed by atoms with Crippen molar-refractivity contribution < 1.29 is 9.90 Å². The lowest BCUT2D eigenvalue weighted by molar-refractivity contribution is -0.134. The lowest BCUT2D eigenvalue weighted by Gasteiger charge is -2.41. The number of amides is 1. The van der Waals surface area contributed by atoms with Gasteiger partial charge in [0.05, 0.1) is 11.0 Å². The van der Waals surface area contributed by atoms with Crippen molar-refractivity contribution >= 4 is 16.9 Å². The SMILES string of the molecule is Cc1nc2ccccc2n1CCC(=O)N1CCN(CC2CC2)C(CCO)C1. The van der Waals surface area contributed by atoms with Crippen molar-refractivity contribution in [2.45, 2.75) is 45.2 Å². The molecule has 4 rings (SSSR count). The van der Waals surface area contributed by atoms with Gasteiger partial charge < -0.3 is 14.6 Å². The summed E-state index contributed by atoms with van der Waals surface area (Å²) in [6, 6.07) is 8.38. The van der Waals surface area contributed by atoms with Crippen LogP contribution in [-0.2, 0) is 11.3 Å². The standard InChI is InChI=1S/C21H30N4O2/c1-16-22-19-4-2-3-5-20(19)25(16)10-8-21(27)24-12-11-23(14-17-6-7-17)18(15-24)9-13-26/h2-5,17-18,26H,6-15H2,1H3. The van der Waals surface area contributed by atoms with Gasteiger partial charge in [0.2, 0.25) is 5.91 Å². The van der Waals surface area contributed by atoms with E-state index in [1.54, 1.807) is 0 Å². The van der Waals surface area contributed by atoms with E-state index in [1.807, 2.05) is 30.0 Å². The van der Waals surface area contributed by atoms with Crippen LogP contribution in [0, 0.1) is 12.8 Å². The number of carbonyl (C=O) groups is 1. The number of rotatable bonds is 7. The molecule has 1 saturated carbocycles. The first-order valence-corrected chi connectivity index (χ1v) is 10.2. The fourth-order valence-electron chi connectivity index (χ4n) is 4.26. The second-order valence-corrected chi connectivity index (χ2v) is 7.99. The topological polar surface area (TPSA) is 61.6 Å². The Labute approximate surface area is 160 Å². The van der Waals surface area contributed by atoms with Crippen LogP contribution in [0.3, 0.4) is 0 Å². The Morgan fingerprint density at radius 3 is 2.85 bits per heavy atom. The molecule has 1 N–H and O–H groups in total. The summed E-state index contributed by atoms with van der Waals surface area (Å²) in [5.41, 5.74) is 2.08. The lowest BCUT2D eigenvalue weighted by atomic mass is 10.1. The molecule has 1 aliphatic carbocycles. The predicted molar refractivity (Wildman–Crippen MR) is 105 cm³/mol. The third kappa shape index (κ3) is 4.17. The van der Waals surface area contributed by atoms with Gasteiger partial charge in [-0.05, 0) is 44.2 Å². The Kier molecular flexibility index (Phi) is 5.45. The Morgan fingerprint density at radius 1 is 1.26 bits per heavy atom. The molecule has 0 spiro atoms. The van der Waals surface area contributed by atoms with Crippen LogP contribution in [0.4, 0.5) is 0 Å². The average molecular weight is 370 g/mol. The lowest BCUT2D eigenvalue weighted by Crippen LogP contribution is -2.55. The Hall–Kier alpha value is -1.92. The summed E-state index contributed by atoms with van der Waals surface area (Å²) < 4.78 is 2.14. The Bertz CT molecular complexity index is 799. The molecule has 1 aliphatic heterocycles. The monoisotopic (exact) mass is 370 g/mol. The van der Waals surface area contributed by atoms with E-state index in [-0.39, 0.29) is 12.5 Å². The highest BCUT2D eigenvalue weighted by atomic mass is 16.3. The number of aromatic nitrogens is 2. The van der Waals surface area contributed by atoms with Crippen LogP contribution < -0.4 is 0 Å². The number of aryl methyl sites for hydroxylation is 2. The molecule has 27 heavy (non-hydrogen) atoms. The Morgan fingerprint density at radius 2 is 2.07 bits per heavy atom. The fraction of sp³-hybridized carbons (Fsp3) is 0.619. The minimum absolute atomic E-state index is 0.189. The van der Waals surface area contributed by atoms with Gasteiger partial charge in [-0.1, -0.05) is 12.1 Å². The van der Waals surface area contributed by atoms with Gasteiger partial charge in [0.1, 0.15) is 5.82 Å². The molecule has 2 aliphatic rings. The van der Waals surface area contributed by atoms with Gasteiger partial charge in [0, 0.05) is 51.8 Å². The molecule has 0 bridgehead atoms. The molecule has 0 radical (unpaired) electrons. The van der Waals surface area contributed by atoms with Crippen LogP contribution in [-0.4, -0.2) is 69.2 Å². The number of benzene rings is 1. The normalized spacial score (nSPS) is 21.1. The van der Waals surface area contributed by atoms with E-state index in [4.69, 9.17) is 0 Å². The van der Waals surface area contributed by atoms with Crippen LogP contribution in [0.2, 0.25) is 0 Å². The van der Waals surface area contributed by atoms with E-state index >= 15 is 0 Å². The summed E-state index contributed by atoms with van der Waals surface area (Å²) in [7, 11) is 0. The molecule has 1 unspecified atom stereocenters. The van der Waals surface area contributed by atoms with Gasteiger partial charge in [-0.2, -0.15) is 0 Å². The molecule has 146 valence electrons. The zero-order valence-corrected chi connectivity index (χ0v) is 16.2. The van der Waals surface area contributed by atoms with Crippen LogP contribution >= 0.6 is 0 Å². The van der Waals surface area contributed by atoms with Crippen molar-refractivity contribution in [2.75, 3.05) is 32.8 Å². The summed E-state index contributed by atoms with van der Waals surface area (Å²) in [5.74, 6) is 2.00. The van der Waals surface area contributed by atoms with Gasteiger partial charge in [0.25, 0.3) is 0 Å². The molecule has 1 aromatic heterocycles. The summed E-state index contributed by atoms with van der Waals surface area (Å²) in [6.45, 7) is 6.46. The molecular weight excluding hydrogens is 340 g/mol. The molecule has 2 heterocycles. The van der Waals surface area contributed by atoms with Gasteiger partial charge in [0.15, 0.2) is 0 Å². The first kappa shape index (κ1) is 18.4. The van der Waals surface area contributed by atoms with Gasteiger partial charge in [-0.15, -0.1) is 0 Å².